The van der Waals surface area contributed by atoms with Gasteiger partial charge in [0.1, 0.15) is 5.75 Å². The van der Waals surface area contributed by atoms with Crippen LogP contribution in [-0.2, 0) is 11.3 Å². The van der Waals surface area contributed by atoms with E-state index in [0.717, 1.165) is 10.6 Å². The van der Waals surface area contributed by atoms with Crippen molar-refractivity contribution < 1.29 is 14.6 Å². The molecule has 0 spiro atoms. The Bertz CT molecular complexity index is 566. The Balaban J connectivity index is 2.11. The maximum Gasteiger partial charge on any atom is 0.306 e. The molecular formula is C11H14N4O3S. The number of hydrogen-bond donors (Lipinski definition) is 1. The molecule has 19 heavy (non-hydrogen) atoms. The quantitative estimate of drug-likeness (QED) is 0.864. The lowest BCUT2D eigenvalue weighted by Crippen LogP contribution is -2.13. The number of carboxylic acid groups (broad SMARTS) is 1. The number of thiophene rings is 1. The topological polar surface area (TPSA) is 90.1 Å². The zero-order chi connectivity index (χ0) is 13.8. The molecule has 0 aromatic carbocycles. The van der Waals surface area contributed by atoms with Crippen LogP contribution >= 0.6 is 11.3 Å². The number of tetrazole rings is 1. The molecule has 102 valence electrons. The molecule has 2 heterocycles. The first-order chi connectivity index (χ1) is 9.11. The van der Waals surface area contributed by atoms with Gasteiger partial charge in [0.15, 0.2) is 5.82 Å². The van der Waals surface area contributed by atoms with E-state index in [1.165, 1.54) is 11.3 Å². The Morgan fingerprint density at radius 1 is 1.63 bits per heavy atom. The van der Waals surface area contributed by atoms with Crippen molar-refractivity contribution in [3.05, 3.63) is 11.4 Å². The van der Waals surface area contributed by atoms with Gasteiger partial charge in [-0.2, -0.15) is 0 Å². The van der Waals surface area contributed by atoms with E-state index in [1.807, 2.05) is 11.4 Å². The third kappa shape index (κ3) is 3.08. The Hall–Kier alpha value is -1.96. The van der Waals surface area contributed by atoms with Crippen molar-refractivity contribution in [1.29, 1.82) is 0 Å². The van der Waals surface area contributed by atoms with Crippen molar-refractivity contribution >= 4 is 17.3 Å². The summed E-state index contributed by atoms with van der Waals surface area (Å²) in [5.74, 6) is 0.154. The number of carboxylic acids is 1. The molecule has 2 aromatic heterocycles. The highest BCUT2D eigenvalue weighted by Gasteiger charge is 2.15. The van der Waals surface area contributed by atoms with Gasteiger partial charge in [-0.05, 0) is 16.8 Å². The van der Waals surface area contributed by atoms with E-state index < -0.39 is 11.9 Å². The third-order valence-electron chi connectivity index (χ3n) is 2.76. The molecule has 0 aliphatic rings. The van der Waals surface area contributed by atoms with Crippen LogP contribution in [0.2, 0.25) is 0 Å². The van der Waals surface area contributed by atoms with Gasteiger partial charge in [0.05, 0.1) is 17.9 Å². The number of carbonyl (C=O) groups is 1. The molecule has 0 fully saturated rings. The minimum Gasteiger partial charge on any atom is -0.496 e. The Morgan fingerprint density at radius 3 is 3.05 bits per heavy atom. The summed E-state index contributed by atoms with van der Waals surface area (Å²) < 4.78 is 6.73. The van der Waals surface area contributed by atoms with Crippen molar-refractivity contribution in [2.24, 2.45) is 5.92 Å². The van der Waals surface area contributed by atoms with Crippen LogP contribution < -0.4 is 4.74 Å². The number of hydrogen-bond acceptors (Lipinski definition) is 6. The van der Waals surface area contributed by atoms with Gasteiger partial charge in [-0.3, -0.25) is 4.79 Å². The fraction of sp³-hybridized carbons (Fsp3) is 0.455. The van der Waals surface area contributed by atoms with E-state index in [9.17, 15) is 4.79 Å². The van der Waals surface area contributed by atoms with Crippen molar-refractivity contribution in [1.82, 2.24) is 20.2 Å². The molecule has 7 nitrogen and oxygen atoms in total. The van der Waals surface area contributed by atoms with Gasteiger partial charge in [-0.25, -0.2) is 4.68 Å². The lowest BCUT2D eigenvalue weighted by Gasteiger charge is -2.06. The predicted molar refractivity (Wildman–Crippen MR) is 69.1 cm³/mol. The van der Waals surface area contributed by atoms with E-state index >= 15 is 0 Å². The first kappa shape index (κ1) is 13.5. The molecule has 0 saturated carbocycles. The molecular weight excluding hydrogens is 268 g/mol. The summed E-state index contributed by atoms with van der Waals surface area (Å²) in [5, 5.41) is 22.2. The normalized spacial score (nSPS) is 12.3. The number of methoxy groups -OCH3 is 1. The van der Waals surface area contributed by atoms with Gasteiger partial charge in [-0.1, -0.05) is 6.92 Å². The van der Waals surface area contributed by atoms with E-state index in [0.29, 0.717) is 18.8 Å². The standard InChI is InChI=1S/C11H14N4O3S/c1-7(11(16)17)3-4-15-10(12-13-14-15)9-5-8(18-2)6-19-9/h5-7H,3-4H2,1-2H3,(H,16,17). The van der Waals surface area contributed by atoms with Crippen molar-refractivity contribution in [3.63, 3.8) is 0 Å². The Kier molecular flexibility index (Phi) is 4.10. The fourth-order valence-corrected chi connectivity index (χ4v) is 2.36. The molecule has 2 rings (SSSR count). The van der Waals surface area contributed by atoms with Crippen LogP contribution in [0, 0.1) is 5.92 Å². The number of aliphatic carboxylic acids is 1. The number of rotatable bonds is 6. The molecule has 1 atom stereocenters. The maximum absolute atomic E-state index is 10.8. The van der Waals surface area contributed by atoms with Crippen molar-refractivity contribution in [3.8, 4) is 16.5 Å². The zero-order valence-corrected chi connectivity index (χ0v) is 11.4. The molecule has 0 saturated heterocycles. The maximum atomic E-state index is 10.8. The van der Waals surface area contributed by atoms with E-state index in [-0.39, 0.29) is 0 Å². The minimum atomic E-state index is -0.813. The average molecular weight is 282 g/mol. The van der Waals surface area contributed by atoms with Crippen molar-refractivity contribution in [2.75, 3.05) is 7.11 Å². The predicted octanol–water partition coefficient (Wildman–Crippen LogP) is 1.52. The molecule has 0 aliphatic carbocycles. The molecule has 2 aromatic rings. The second-order valence-corrected chi connectivity index (χ2v) is 5.02. The van der Waals surface area contributed by atoms with Crippen LogP contribution in [0.4, 0.5) is 0 Å². The molecule has 0 bridgehead atoms. The summed E-state index contributed by atoms with van der Waals surface area (Å²) in [5.41, 5.74) is 0. The highest BCUT2D eigenvalue weighted by Crippen LogP contribution is 2.29. The highest BCUT2D eigenvalue weighted by atomic mass is 32.1. The molecule has 1 N–H and O–H groups in total. The van der Waals surface area contributed by atoms with Crippen LogP contribution in [0.1, 0.15) is 13.3 Å². The van der Waals surface area contributed by atoms with Crippen LogP contribution in [0.3, 0.4) is 0 Å². The van der Waals surface area contributed by atoms with Gasteiger partial charge < -0.3 is 9.84 Å². The Labute approximate surface area is 113 Å². The number of nitrogens with zero attached hydrogens (tertiary/aromatic N) is 4. The van der Waals surface area contributed by atoms with Gasteiger partial charge in [0.25, 0.3) is 0 Å². The van der Waals surface area contributed by atoms with E-state index in [1.54, 1.807) is 18.7 Å². The zero-order valence-electron chi connectivity index (χ0n) is 10.6. The van der Waals surface area contributed by atoms with Gasteiger partial charge in [0, 0.05) is 18.0 Å². The summed E-state index contributed by atoms with van der Waals surface area (Å²) in [6.07, 6.45) is 0.482. The smallest absolute Gasteiger partial charge is 0.306 e. The van der Waals surface area contributed by atoms with Crippen LogP contribution in [0.25, 0.3) is 10.7 Å². The van der Waals surface area contributed by atoms with Gasteiger partial charge in [-0.15, -0.1) is 16.4 Å². The number of aryl methyl sites for hydroxylation is 1. The van der Waals surface area contributed by atoms with Crippen LogP contribution in [0.15, 0.2) is 11.4 Å². The SMILES string of the molecule is COc1csc(-c2nnnn2CCC(C)C(=O)O)c1. The van der Waals surface area contributed by atoms with Crippen LogP contribution in [0.5, 0.6) is 5.75 Å². The van der Waals surface area contributed by atoms with Crippen molar-refractivity contribution in [2.45, 2.75) is 19.9 Å². The summed E-state index contributed by atoms with van der Waals surface area (Å²) in [6, 6.07) is 1.85. The summed E-state index contributed by atoms with van der Waals surface area (Å²) >= 11 is 1.48. The average Bonchev–Trinajstić information content (AvgIpc) is 3.03. The minimum absolute atomic E-state index is 0.421. The lowest BCUT2D eigenvalue weighted by atomic mass is 10.1. The van der Waals surface area contributed by atoms with Gasteiger partial charge >= 0.3 is 5.97 Å². The molecule has 1 unspecified atom stereocenters. The summed E-state index contributed by atoms with van der Waals surface area (Å²) in [4.78, 5) is 11.7. The third-order valence-corrected chi connectivity index (χ3v) is 3.66. The number of ether oxygens (including phenoxy) is 1. The number of aromatic nitrogens is 4. The second kappa shape index (κ2) is 5.79. The first-order valence-electron chi connectivity index (χ1n) is 5.73. The second-order valence-electron chi connectivity index (χ2n) is 4.10. The molecule has 0 aliphatic heterocycles. The van der Waals surface area contributed by atoms with E-state index in [4.69, 9.17) is 9.84 Å². The van der Waals surface area contributed by atoms with Gasteiger partial charge in [0.2, 0.25) is 0 Å². The largest absolute Gasteiger partial charge is 0.496 e. The fourth-order valence-electron chi connectivity index (χ4n) is 1.51. The summed E-state index contributed by atoms with van der Waals surface area (Å²) in [7, 11) is 1.60. The first-order valence-corrected chi connectivity index (χ1v) is 6.61. The van der Waals surface area contributed by atoms with Crippen LogP contribution in [-0.4, -0.2) is 38.4 Å². The molecule has 0 radical (unpaired) electrons. The summed E-state index contributed by atoms with van der Waals surface area (Å²) in [6.45, 7) is 2.14. The lowest BCUT2D eigenvalue weighted by molar-refractivity contribution is -0.141. The molecule has 0 amide bonds. The van der Waals surface area contributed by atoms with E-state index in [2.05, 4.69) is 15.5 Å². The highest BCUT2D eigenvalue weighted by molar-refractivity contribution is 7.13. The Morgan fingerprint density at radius 2 is 2.42 bits per heavy atom. The molecule has 8 heteroatoms. The monoisotopic (exact) mass is 282 g/mol.